The third kappa shape index (κ3) is 4.43. The molecule has 0 aliphatic heterocycles. The Morgan fingerprint density at radius 3 is 2.54 bits per heavy atom. The smallest absolute Gasteiger partial charge is 0.289 e. The second-order valence-electron chi connectivity index (χ2n) is 6.15. The number of amides is 2. The monoisotopic (exact) mass is 375 g/mol. The molecule has 2 aromatic rings. The van der Waals surface area contributed by atoms with Gasteiger partial charge in [0.15, 0.2) is 0 Å². The number of anilines is 1. The van der Waals surface area contributed by atoms with E-state index in [0.29, 0.717) is 22.1 Å². The lowest BCUT2D eigenvalue weighted by molar-refractivity contribution is -0.118. The van der Waals surface area contributed by atoms with Crippen LogP contribution >= 0.6 is 11.6 Å². The molecule has 0 aliphatic carbocycles. The van der Waals surface area contributed by atoms with Gasteiger partial charge >= 0.3 is 0 Å². The van der Waals surface area contributed by atoms with Crippen molar-refractivity contribution in [3.8, 4) is 0 Å². The molecule has 0 bridgehead atoms. The number of nitrogens with one attached hydrogen (secondary N) is 3. The summed E-state index contributed by atoms with van der Waals surface area (Å²) in [7, 11) is 1.64. The fourth-order valence-corrected chi connectivity index (χ4v) is 2.46. The average Bonchev–Trinajstić information content (AvgIpc) is 2.84. The summed E-state index contributed by atoms with van der Waals surface area (Å²) in [6, 6.07) is 7.16. The predicted octanol–water partition coefficient (Wildman–Crippen LogP) is 2.88. The minimum Gasteiger partial charge on any atom is -0.326 e. The highest BCUT2D eigenvalue weighted by Crippen LogP contribution is 2.19. The number of nitrogens with zero attached hydrogens (tertiary/aromatic N) is 2. The normalized spacial score (nSPS) is 10.5. The molecule has 3 N–H and O–H groups in total. The van der Waals surface area contributed by atoms with Crippen LogP contribution in [0.4, 0.5) is 5.69 Å². The topological polar surface area (TPSA) is 88.0 Å². The average molecular weight is 376 g/mol. The highest BCUT2D eigenvalue weighted by Gasteiger charge is 2.18. The second-order valence-corrected chi connectivity index (χ2v) is 6.53. The summed E-state index contributed by atoms with van der Waals surface area (Å²) in [5, 5.41) is 7.23. The van der Waals surface area contributed by atoms with E-state index in [-0.39, 0.29) is 17.5 Å². The van der Waals surface area contributed by atoms with Crippen LogP contribution in [0.1, 0.15) is 35.6 Å². The Kier molecular flexibility index (Phi) is 6.05. The van der Waals surface area contributed by atoms with Crippen molar-refractivity contribution in [2.75, 3.05) is 5.32 Å². The van der Waals surface area contributed by atoms with E-state index >= 15 is 0 Å². The van der Waals surface area contributed by atoms with E-state index in [1.807, 2.05) is 19.9 Å². The SMILES string of the molecule is C=C(NNC(=O)c1c(Cl)c(C)nn1C)c1cccc(NC(=O)C(C)C)c1. The van der Waals surface area contributed by atoms with Crippen LogP contribution in [0.3, 0.4) is 0 Å². The molecule has 26 heavy (non-hydrogen) atoms. The van der Waals surface area contributed by atoms with Crippen molar-refractivity contribution >= 4 is 34.8 Å². The lowest BCUT2D eigenvalue weighted by atomic mass is 10.1. The molecular weight excluding hydrogens is 354 g/mol. The van der Waals surface area contributed by atoms with Gasteiger partial charge in [-0.1, -0.05) is 44.2 Å². The van der Waals surface area contributed by atoms with Gasteiger partial charge in [-0.2, -0.15) is 5.10 Å². The summed E-state index contributed by atoms with van der Waals surface area (Å²) in [4.78, 5) is 24.1. The first-order chi connectivity index (χ1) is 12.2. The highest BCUT2D eigenvalue weighted by atomic mass is 35.5. The molecule has 7 nitrogen and oxygen atoms in total. The molecular formula is C18H22ClN5O2. The Morgan fingerprint density at radius 2 is 1.96 bits per heavy atom. The zero-order chi connectivity index (χ0) is 19.4. The first-order valence-corrected chi connectivity index (χ1v) is 8.44. The molecule has 1 aromatic heterocycles. The number of carbonyl (C=O) groups excluding carboxylic acids is 2. The van der Waals surface area contributed by atoms with Crippen LogP contribution in [0.25, 0.3) is 5.70 Å². The maximum Gasteiger partial charge on any atom is 0.289 e. The summed E-state index contributed by atoms with van der Waals surface area (Å²) >= 11 is 6.10. The number of hydrogen-bond acceptors (Lipinski definition) is 4. The first kappa shape index (κ1) is 19.5. The number of carbonyl (C=O) groups is 2. The number of rotatable bonds is 6. The maximum absolute atomic E-state index is 12.3. The summed E-state index contributed by atoms with van der Waals surface area (Å²) < 4.78 is 1.42. The lowest BCUT2D eigenvalue weighted by Gasteiger charge is -2.13. The predicted molar refractivity (Wildman–Crippen MR) is 103 cm³/mol. The maximum atomic E-state index is 12.3. The molecule has 0 fully saturated rings. The molecule has 2 amide bonds. The van der Waals surface area contributed by atoms with Gasteiger partial charge in [-0.05, 0) is 19.1 Å². The molecule has 0 saturated carbocycles. The zero-order valence-corrected chi connectivity index (χ0v) is 15.9. The van der Waals surface area contributed by atoms with E-state index in [4.69, 9.17) is 11.6 Å². The Labute approximate surface area is 157 Å². The van der Waals surface area contributed by atoms with E-state index in [9.17, 15) is 9.59 Å². The highest BCUT2D eigenvalue weighted by molar-refractivity contribution is 6.34. The van der Waals surface area contributed by atoms with Crippen LogP contribution in [0.15, 0.2) is 30.8 Å². The van der Waals surface area contributed by atoms with Gasteiger partial charge < -0.3 is 5.32 Å². The molecule has 1 heterocycles. The van der Waals surface area contributed by atoms with Crippen LogP contribution < -0.4 is 16.2 Å². The number of benzene rings is 1. The minimum absolute atomic E-state index is 0.0738. The Hall–Kier alpha value is -2.80. The van der Waals surface area contributed by atoms with Crippen LogP contribution in [0.2, 0.25) is 5.02 Å². The summed E-state index contributed by atoms with van der Waals surface area (Å²) in [6.07, 6.45) is 0. The van der Waals surface area contributed by atoms with Crippen LogP contribution in [0.5, 0.6) is 0 Å². The van der Waals surface area contributed by atoms with E-state index in [1.165, 1.54) is 4.68 Å². The van der Waals surface area contributed by atoms with Gasteiger partial charge in [0.25, 0.3) is 5.91 Å². The number of halogens is 1. The van der Waals surface area contributed by atoms with Crippen molar-refractivity contribution in [3.63, 3.8) is 0 Å². The molecule has 138 valence electrons. The van der Waals surface area contributed by atoms with Crippen molar-refractivity contribution in [2.24, 2.45) is 13.0 Å². The molecule has 2 rings (SSSR count). The standard InChI is InChI=1S/C18H22ClN5O2/c1-10(2)17(25)20-14-8-6-7-13(9-14)11(3)21-22-18(26)16-15(19)12(4)23-24(16)5/h6-10,21H,3H2,1-2,4-5H3,(H,20,25)(H,22,26). The molecule has 0 spiro atoms. The molecule has 0 atom stereocenters. The van der Waals surface area contributed by atoms with Gasteiger partial charge in [-0.15, -0.1) is 0 Å². The molecule has 8 heteroatoms. The minimum atomic E-state index is -0.427. The van der Waals surface area contributed by atoms with E-state index in [2.05, 4.69) is 27.8 Å². The fraction of sp³-hybridized carbons (Fsp3) is 0.278. The van der Waals surface area contributed by atoms with Crippen molar-refractivity contribution in [3.05, 3.63) is 52.8 Å². The van der Waals surface area contributed by atoms with Crippen molar-refractivity contribution in [1.82, 2.24) is 20.6 Å². The zero-order valence-electron chi connectivity index (χ0n) is 15.2. The van der Waals surface area contributed by atoms with Gasteiger partial charge in [-0.25, -0.2) is 0 Å². The van der Waals surface area contributed by atoms with Gasteiger partial charge in [0, 0.05) is 24.2 Å². The van der Waals surface area contributed by atoms with Crippen LogP contribution in [-0.2, 0) is 11.8 Å². The fourth-order valence-electron chi connectivity index (χ4n) is 2.21. The molecule has 0 aliphatic rings. The summed E-state index contributed by atoms with van der Waals surface area (Å²) in [5.74, 6) is -0.620. The van der Waals surface area contributed by atoms with Crippen LogP contribution in [-0.4, -0.2) is 21.6 Å². The van der Waals surface area contributed by atoms with E-state index in [1.54, 1.807) is 32.2 Å². The Bertz CT molecular complexity index is 857. The van der Waals surface area contributed by atoms with Crippen molar-refractivity contribution in [2.45, 2.75) is 20.8 Å². The first-order valence-electron chi connectivity index (χ1n) is 8.06. The van der Waals surface area contributed by atoms with E-state index < -0.39 is 5.91 Å². The van der Waals surface area contributed by atoms with Gasteiger partial charge in [0.2, 0.25) is 5.91 Å². The third-order valence-electron chi connectivity index (χ3n) is 3.69. The Balaban J connectivity index is 2.04. The van der Waals surface area contributed by atoms with Gasteiger partial charge in [-0.3, -0.25) is 25.1 Å². The number of aryl methyl sites for hydroxylation is 2. The van der Waals surface area contributed by atoms with Crippen molar-refractivity contribution in [1.29, 1.82) is 0 Å². The van der Waals surface area contributed by atoms with Gasteiger partial charge in [0.1, 0.15) is 5.69 Å². The third-order valence-corrected chi connectivity index (χ3v) is 4.15. The summed E-state index contributed by atoms with van der Waals surface area (Å²) in [6.45, 7) is 9.27. The number of hydrazine groups is 1. The van der Waals surface area contributed by atoms with E-state index in [0.717, 1.165) is 5.56 Å². The second kappa shape index (κ2) is 8.05. The molecule has 0 radical (unpaired) electrons. The van der Waals surface area contributed by atoms with Crippen LogP contribution in [0, 0.1) is 12.8 Å². The quantitative estimate of drug-likeness (QED) is 0.677. The van der Waals surface area contributed by atoms with Gasteiger partial charge in [0.05, 0.1) is 16.4 Å². The lowest BCUT2D eigenvalue weighted by Crippen LogP contribution is -2.37. The Morgan fingerprint density at radius 1 is 1.27 bits per heavy atom. The van der Waals surface area contributed by atoms with Crippen molar-refractivity contribution < 1.29 is 9.59 Å². The molecule has 1 aromatic carbocycles. The largest absolute Gasteiger partial charge is 0.326 e. The molecule has 0 saturated heterocycles. The number of aromatic nitrogens is 2. The molecule has 0 unspecified atom stereocenters. The number of hydrogen-bond donors (Lipinski definition) is 3. The summed E-state index contributed by atoms with van der Waals surface area (Å²) in [5.41, 5.74) is 7.98.